The van der Waals surface area contributed by atoms with Gasteiger partial charge >= 0.3 is 10.2 Å². The molecular weight excluding hydrogens is 506 g/mol. The number of anilines is 3. The van der Waals surface area contributed by atoms with Gasteiger partial charge < -0.3 is 10.6 Å². The first-order chi connectivity index (χ1) is 16.1. The van der Waals surface area contributed by atoms with Crippen LogP contribution in [0.25, 0.3) is 0 Å². The van der Waals surface area contributed by atoms with Gasteiger partial charge in [-0.05, 0) is 54.6 Å². The molecule has 0 spiro atoms. The van der Waals surface area contributed by atoms with Gasteiger partial charge in [0.05, 0.1) is 22.0 Å². The lowest BCUT2D eigenvalue weighted by atomic mass is 10.1. The van der Waals surface area contributed by atoms with Crippen LogP contribution in [0.15, 0.2) is 60.7 Å². The highest BCUT2D eigenvalue weighted by molar-refractivity contribution is 7.91. The second kappa shape index (κ2) is 9.59. The van der Waals surface area contributed by atoms with E-state index in [1.54, 1.807) is 18.2 Å². The zero-order valence-corrected chi connectivity index (χ0v) is 19.6. The Morgan fingerprint density at radius 3 is 2.44 bits per heavy atom. The SMILES string of the molecule is O=C(Nc1cc(NC(=O)c2ccc(N3CCNS3(=O)=O)cc2F)ccc1Cl)c1cccc(Cl)c1. The highest BCUT2D eigenvalue weighted by Gasteiger charge is 2.28. The van der Waals surface area contributed by atoms with Crippen molar-refractivity contribution >= 4 is 62.3 Å². The molecule has 0 aliphatic carbocycles. The number of hydrogen-bond donors (Lipinski definition) is 3. The molecule has 12 heteroatoms. The Morgan fingerprint density at radius 1 is 0.971 bits per heavy atom. The molecule has 0 bridgehead atoms. The summed E-state index contributed by atoms with van der Waals surface area (Å²) in [6.45, 7) is 0.362. The fourth-order valence-corrected chi connectivity index (χ4v) is 4.89. The first kappa shape index (κ1) is 24.0. The Labute approximate surface area is 204 Å². The van der Waals surface area contributed by atoms with Crippen LogP contribution in [0.2, 0.25) is 10.0 Å². The summed E-state index contributed by atoms with van der Waals surface area (Å²) in [6.07, 6.45) is 0. The Bertz CT molecular complexity index is 1400. The maximum atomic E-state index is 14.7. The normalized spacial score (nSPS) is 14.6. The van der Waals surface area contributed by atoms with E-state index in [4.69, 9.17) is 23.2 Å². The third kappa shape index (κ3) is 5.15. The fraction of sp³-hybridized carbons (Fsp3) is 0.0909. The summed E-state index contributed by atoms with van der Waals surface area (Å²) in [5.74, 6) is -2.11. The molecule has 1 saturated heterocycles. The molecule has 1 fully saturated rings. The standard InChI is InChI=1S/C22H17Cl2FN4O4S/c23-14-3-1-2-13(10-14)21(30)28-20-11-15(4-7-18(20)24)27-22(31)17-6-5-16(12-19(17)25)29-9-8-26-34(29,32)33/h1-7,10-12,26H,8-9H2,(H,27,31)(H,28,30). The number of hydrogen-bond acceptors (Lipinski definition) is 4. The minimum atomic E-state index is -3.72. The number of nitrogens with zero attached hydrogens (tertiary/aromatic N) is 1. The molecular formula is C22H17Cl2FN4O4S. The third-order valence-electron chi connectivity index (χ3n) is 4.93. The van der Waals surface area contributed by atoms with Crippen molar-refractivity contribution in [3.05, 3.63) is 87.7 Å². The van der Waals surface area contributed by atoms with Crippen molar-refractivity contribution in [3.63, 3.8) is 0 Å². The van der Waals surface area contributed by atoms with Crippen LogP contribution in [0.4, 0.5) is 21.5 Å². The number of halogens is 3. The largest absolute Gasteiger partial charge is 0.322 e. The molecule has 3 aromatic carbocycles. The molecule has 0 saturated carbocycles. The number of nitrogens with one attached hydrogen (secondary N) is 3. The topological polar surface area (TPSA) is 108 Å². The Kier molecular flexibility index (Phi) is 6.76. The molecule has 1 heterocycles. The lowest BCUT2D eigenvalue weighted by molar-refractivity contribution is 0.101. The maximum absolute atomic E-state index is 14.7. The van der Waals surface area contributed by atoms with Crippen LogP contribution < -0.4 is 19.7 Å². The van der Waals surface area contributed by atoms with Crippen molar-refractivity contribution < 1.29 is 22.4 Å². The van der Waals surface area contributed by atoms with Crippen LogP contribution in [-0.4, -0.2) is 33.3 Å². The second-order valence-electron chi connectivity index (χ2n) is 7.25. The van der Waals surface area contributed by atoms with Gasteiger partial charge in [0.15, 0.2) is 0 Å². The molecule has 1 aliphatic rings. The van der Waals surface area contributed by atoms with E-state index in [0.717, 1.165) is 10.4 Å². The molecule has 34 heavy (non-hydrogen) atoms. The smallest absolute Gasteiger partial charge is 0.301 e. The van der Waals surface area contributed by atoms with Crippen LogP contribution in [0.3, 0.4) is 0 Å². The molecule has 4 rings (SSSR count). The maximum Gasteiger partial charge on any atom is 0.301 e. The van der Waals surface area contributed by atoms with Gasteiger partial charge in [0, 0.05) is 29.4 Å². The number of amides is 2. The monoisotopic (exact) mass is 522 g/mol. The molecule has 2 amide bonds. The number of carbonyl (C=O) groups is 2. The lowest BCUT2D eigenvalue weighted by Crippen LogP contribution is -2.29. The molecule has 3 N–H and O–H groups in total. The molecule has 3 aromatic rings. The van der Waals surface area contributed by atoms with E-state index < -0.39 is 27.8 Å². The van der Waals surface area contributed by atoms with Gasteiger partial charge in [0.25, 0.3) is 11.8 Å². The van der Waals surface area contributed by atoms with Gasteiger partial charge in [-0.3, -0.25) is 13.9 Å². The lowest BCUT2D eigenvalue weighted by Gasteiger charge is -2.16. The zero-order chi connectivity index (χ0) is 24.5. The van der Waals surface area contributed by atoms with E-state index >= 15 is 0 Å². The fourth-order valence-electron chi connectivity index (χ4n) is 3.31. The minimum absolute atomic E-state index is 0.108. The van der Waals surface area contributed by atoms with E-state index in [1.807, 2.05) is 0 Å². The van der Waals surface area contributed by atoms with Crippen molar-refractivity contribution in [2.24, 2.45) is 0 Å². The predicted octanol–water partition coefficient (Wildman–Crippen LogP) is 4.29. The van der Waals surface area contributed by atoms with Crippen LogP contribution >= 0.6 is 23.2 Å². The van der Waals surface area contributed by atoms with E-state index in [1.165, 1.54) is 36.4 Å². The van der Waals surface area contributed by atoms with Crippen molar-refractivity contribution in [3.8, 4) is 0 Å². The Hall–Kier alpha value is -3.18. The van der Waals surface area contributed by atoms with Crippen LogP contribution in [0.5, 0.6) is 0 Å². The molecule has 0 atom stereocenters. The van der Waals surface area contributed by atoms with Crippen LogP contribution in [0.1, 0.15) is 20.7 Å². The van der Waals surface area contributed by atoms with Gasteiger partial charge in [-0.25, -0.2) is 4.39 Å². The van der Waals surface area contributed by atoms with Crippen molar-refractivity contribution in [1.82, 2.24) is 4.72 Å². The van der Waals surface area contributed by atoms with E-state index in [2.05, 4.69) is 15.4 Å². The second-order valence-corrected chi connectivity index (χ2v) is 9.77. The molecule has 0 aromatic heterocycles. The number of rotatable bonds is 5. The average molecular weight is 523 g/mol. The van der Waals surface area contributed by atoms with Gasteiger partial charge in [-0.1, -0.05) is 29.3 Å². The molecule has 0 unspecified atom stereocenters. The molecule has 176 valence electrons. The molecule has 0 radical (unpaired) electrons. The summed E-state index contributed by atoms with van der Waals surface area (Å²) in [5.41, 5.74) is 0.623. The minimum Gasteiger partial charge on any atom is -0.322 e. The van der Waals surface area contributed by atoms with Gasteiger partial charge in [-0.15, -0.1) is 0 Å². The van der Waals surface area contributed by atoms with E-state index in [-0.39, 0.29) is 40.7 Å². The van der Waals surface area contributed by atoms with Crippen molar-refractivity contribution in [1.29, 1.82) is 0 Å². The average Bonchev–Trinajstić information content (AvgIpc) is 3.14. The Balaban J connectivity index is 1.51. The highest BCUT2D eigenvalue weighted by atomic mass is 35.5. The summed E-state index contributed by atoms with van der Waals surface area (Å²) in [5, 5.41) is 5.80. The summed E-state index contributed by atoms with van der Waals surface area (Å²) in [6, 6.07) is 14.3. The van der Waals surface area contributed by atoms with Crippen molar-refractivity contribution in [2.75, 3.05) is 28.0 Å². The zero-order valence-electron chi connectivity index (χ0n) is 17.3. The van der Waals surface area contributed by atoms with Crippen molar-refractivity contribution in [2.45, 2.75) is 0 Å². The summed E-state index contributed by atoms with van der Waals surface area (Å²) in [4.78, 5) is 25.1. The summed E-state index contributed by atoms with van der Waals surface area (Å²) < 4.78 is 41.9. The molecule has 8 nitrogen and oxygen atoms in total. The number of benzene rings is 3. The van der Waals surface area contributed by atoms with Crippen LogP contribution in [-0.2, 0) is 10.2 Å². The first-order valence-electron chi connectivity index (χ1n) is 9.89. The van der Waals surface area contributed by atoms with E-state index in [0.29, 0.717) is 10.6 Å². The van der Waals surface area contributed by atoms with Gasteiger partial charge in [-0.2, -0.15) is 13.1 Å². The van der Waals surface area contributed by atoms with E-state index in [9.17, 15) is 22.4 Å². The summed E-state index contributed by atoms with van der Waals surface area (Å²) in [7, 11) is -3.72. The quantitative estimate of drug-likeness (QED) is 0.464. The summed E-state index contributed by atoms with van der Waals surface area (Å²) >= 11 is 12.1. The number of carbonyl (C=O) groups excluding carboxylic acids is 2. The van der Waals surface area contributed by atoms with Gasteiger partial charge in [0.2, 0.25) is 0 Å². The Morgan fingerprint density at radius 2 is 1.76 bits per heavy atom. The third-order valence-corrected chi connectivity index (χ3v) is 7.04. The van der Waals surface area contributed by atoms with Gasteiger partial charge in [0.1, 0.15) is 5.82 Å². The van der Waals surface area contributed by atoms with Crippen LogP contribution in [0, 0.1) is 5.82 Å². The first-order valence-corrected chi connectivity index (χ1v) is 12.1. The highest BCUT2D eigenvalue weighted by Crippen LogP contribution is 2.28. The predicted molar refractivity (Wildman–Crippen MR) is 129 cm³/mol. The molecule has 1 aliphatic heterocycles.